The molecule has 0 unspecified atom stereocenters. The molecule has 0 spiro atoms. The molecule has 88 valence electrons. The number of fused-ring (bicyclic) bond motifs is 3. The SMILES string of the molecule is O=[N+]([O-])c1cc2c3n(nc2cc1Cl)CCOC3. The van der Waals surface area contributed by atoms with Gasteiger partial charge in [-0.05, 0) is 6.07 Å². The third kappa shape index (κ3) is 1.57. The van der Waals surface area contributed by atoms with Gasteiger partial charge in [0, 0.05) is 11.5 Å². The Morgan fingerprint density at radius 2 is 2.35 bits per heavy atom. The molecule has 1 aromatic heterocycles. The fourth-order valence-electron chi connectivity index (χ4n) is 1.99. The van der Waals surface area contributed by atoms with Crippen molar-refractivity contribution in [3.8, 4) is 0 Å². The summed E-state index contributed by atoms with van der Waals surface area (Å²) >= 11 is 5.84. The average Bonchev–Trinajstić information content (AvgIpc) is 2.64. The van der Waals surface area contributed by atoms with Crippen LogP contribution in [0.4, 0.5) is 5.69 Å². The summed E-state index contributed by atoms with van der Waals surface area (Å²) in [5.74, 6) is 0. The Balaban J connectivity index is 2.29. The van der Waals surface area contributed by atoms with E-state index < -0.39 is 4.92 Å². The lowest BCUT2D eigenvalue weighted by Gasteiger charge is -2.13. The van der Waals surface area contributed by atoms with Crippen molar-refractivity contribution >= 4 is 28.2 Å². The maximum Gasteiger partial charge on any atom is 0.288 e. The molecule has 0 saturated heterocycles. The first kappa shape index (κ1) is 10.5. The van der Waals surface area contributed by atoms with E-state index in [0.717, 1.165) is 11.1 Å². The number of rotatable bonds is 1. The molecule has 0 radical (unpaired) electrons. The van der Waals surface area contributed by atoms with Crippen molar-refractivity contribution in [2.45, 2.75) is 13.2 Å². The molecule has 0 N–H and O–H groups in total. The number of hydrogen-bond donors (Lipinski definition) is 0. The summed E-state index contributed by atoms with van der Waals surface area (Å²) in [5.41, 5.74) is 1.44. The Kier molecular flexibility index (Phi) is 2.27. The lowest BCUT2D eigenvalue weighted by atomic mass is 10.2. The molecule has 0 atom stereocenters. The Morgan fingerprint density at radius 3 is 3.12 bits per heavy atom. The number of benzene rings is 1. The van der Waals surface area contributed by atoms with Crippen LogP contribution in [-0.4, -0.2) is 21.3 Å². The number of nitro benzene ring substituents is 1. The topological polar surface area (TPSA) is 70.2 Å². The van der Waals surface area contributed by atoms with Gasteiger partial charge >= 0.3 is 0 Å². The smallest absolute Gasteiger partial charge is 0.288 e. The lowest BCUT2D eigenvalue weighted by molar-refractivity contribution is -0.384. The summed E-state index contributed by atoms with van der Waals surface area (Å²) < 4.78 is 7.14. The molecular weight excluding hydrogens is 246 g/mol. The highest BCUT2D eigenvalue weighted by molar-refractivity contribution is 6.33. The largest absolute Gasteiger partial charge is 0.373 e. The van der Waals surface area contributed by atoms with E-state index >= 15 is 0 Å². The van der Waals surface area contributed by atoms with Crippen LogP contribution >= 0.6 is 11.6 Å². The van der Waals surface area contributed by atoms with E-state index in [-0.39, 0.29) is 10.7 Å². The molecule has 0 amide bonds. The molecule has 1 aromatic carbocycles. The van der Waals surface area contributed by atoms with Crippen molar-refractivity contribution in [3.05, 3.63) is 33.0 Å². The van der Waals surface area contributed by atoms with Gasteiger partial charge in [-0.15, -0.1) is 0 Å². The summed E-state index contributed by atoms with van der Waals surface area (Å²) in [4.78, 5) is 10.3. The van der Waals surface area contributed by atoms with Crippen molar-refractivity contribution in [2.75, 3.05) is 6.61 Å². The monoisotopic (exact) mass is 253 g/mol. The molecule has 3 rings (SSSR count). The molecule has 17 heavy (non-hydrogen) atoms. The lowest BCUT2D eigenvalue weighted by Crippen LogP contribution is -2.17. The van der Waals surface area contributed by atoms with Crippen molar-refractivity contribution in [2.24, 2.45) is 0 Å². The highest BCUT2D eigenvalue weighted by Crippen LogP contribution is 2.32. The van der Waals surface area contributed by atoms with Gasteiger partial charge in [-0.1, -0.05) is 11.6 Å². The number of nitrogens with zero attached hydrogens (tertiary/aromatic N) is 3. The average molecular weight is 254 g/mol. The predicted molar refractivity (Wildman–Crippen MR) is 61.1 cm³/mol. The number of nitro groups is 1. The first-order valence-corrected chi connectivity index (χ1v) is 5.45. The van der Waals surface area contributed by atoms with Crippen LogP contribution in [0.15, 0.2) is 12.1 Å². The van der Waals surface area contributed by atoms with Crippen LogP contribution in [0.5, 0.6) is 0 Å². The number of ether oxygens (including phenoxy) is 1. The molecule has 0 bridgehead atoms. The van der Waals surface area contributed by atoms with Crippen LogP contribution < -0.4 is 0 Å². The minimum Gasteiger partial charge on any atom is -0.373 e. The van der Waals surface area contributed by atoms with Gasteiger partial charge in [-0.25, -0.2) is 0 Å². The number of halogens is 1. The highest BCUT2D eigenvalue weighted by atomic mass is 35.5. The summed E-state index contributed by atoms with van der Waals surface area (Å²) in [6.45, 7) is 1.70. The van der Waals surface area contributed by atoms with Gasteiger partial charge in [-0.3, -0.25) is 14.8 Å². The molecule has 1 aliphatic heterocycles. The van der Waals surface area contributed by atoms with E-state index in [1.807, 2.05) is 4.68 Å². The quantitative estimate of drug-likeness (QED) is 0.577. The Hall–Kier alpha value is -1.66. The molecule has 0 saturated carbocycles. The summed E-state index contributed by atoms with van der Waals surface area (Å²) in [5, 5.41) is 16.0. The molecule has 0 fully saturated rings. The van der Waals surface area contributed by atoms with Crippen LogP contribution in [-0.2, 0) is 17.9 Å². The molecule has 0 aliphatic carbocycles. The first-order valence-electron chi connectivity index (χ1n) is 5.08. The van der Waals surface area contributed by atoms with E-state index in [2.05, 4.69) is 5.10 Å². The fraction of sp³-hybridized carbons (Fsp3) is 0.300. The van der Waals surface area contributed by atoms with E-state index in [9.17, 15) is 10.1 Å². The zero-order valence-corrected chi connectivity index (χ0v) is 9.48. The third-order valence-corrected chi connectivity index (χ3v) is 3.10. The van der Waals surface area contributed by atoms with Crippen molar-refractivity contribution < 1.29 is 9.66 Å². The second kappa shape index (κ2) is 3.68. The van der Waals surface area contributed by atoms with E-state index in [4.69, 9.17) is 16.3 Å². The highest BCUT2D eigenvalue weighted by Gasteiger charge is 2.20. The fourth-order valence-corrected chi connectivity index (χ4v) is 2.22. The maximum absolute atomic E-state index is 10.8. The van der Waals surface area contributed by atoms with Crippen LogP contribution in [0.25, 0.3) is 10.9 Å². The zero-order valence-electron chi connectivity index (χ0n) is 8.72. The number of aromatic nitrogens is 2. The third-order valence-electron chi connectivity index (χ3n) is 2.80. The van der Waals surface area contributed by atoms with Gasteiger partial charge in [0.1, 0.15) is 5.02 Å². The Morgan fingerprint density at radius 1 is 1.53 bits per heavy atom. The number of hydrogen-bond acceptors (Lipinski definition) is 4. The summed E-state index contributed by atoms with van der Waals surface area (Å²) in [7, 11) is 0. The predicted octanol–water partition coefficient (Wildman–Crippen LogP) is 2.13. The second-order valence-electron chi connectivity index (χ2n) is 3.80. The summed E-state index contributed by atoms with van der Waals surface area (Å²) in [6, 6.07) is 2.99. The molecule has 2 aromatic rings. The van der Waals surface area contributed by atoms with Gasteiger partial charge < -0.3 is 4.74 Å². The zero-order chi connectivity index (χ0) is 12.0. The normalized spacial score (nSPS) is 14.9. The van der Waals surface area contributed by atoms with Crippen LogP contribution in [0.3, 0.4) is 0 Å². The van der Waals surface area contributed by atoms with Crippen molar-refractivity contribution in [1.29, 1.82) is 0 Å². The summed E-state index contributed by atoms with van der Waals surface area (Å²) in [6.07, 6.45) is 0. The molecule has 6 nitrogen and oxygen atoms in total. The van der Waals surface area contributed by atoms with Gasteiger partial charge in [0.2, 0.25) is 0 Å². The van der Waals surface area contributed by atoms with Gasteiger partial charge in [0.25, 0.3) is 5.69 Å². The molecular formula is C10H8ClN3O3. The molecule has 7 heteroatoms. The van der Waals surface area contributed by atoms with E-state index in [0.29, 0.717) is 25.3 Å². The first-order chi connectivity index (χ1) is 8.16. The van der Waals surface area contributed by atoms with Gasteiger partial charge in [-0.2, -0.15) is 5.10 Å². The standard InChI is InChI=1S/C10H8ClN3O3/c11-7-4-8-6(3-9(7)14(15)16)10-5-17-2-1-13(10)12-8/h3-4H,1-2,5H2. The molecule has 1 aliphatic rings. The van der Waals surface area contributed by atoms with E-state index in [1.165, 1.54) is 12.1 Å². The van der Waals surface area contributed by atoms with E-state index in [1.54, 1.807) is 0 Å². The van der Waals surface area contributed by atoms with Crippen molar-refractivity contribution in [3.63, 3.8) is 0 Å². The van der Waals surface area contributed by atoms with Gasteiger partial charge in [0.05, 0.1) is 35.9 Å². The van der Waals surface area contributed by atoms with Gasteiger partial charge in [0.15, 0.2) is 0 Å². The Bertz CT molecular complexity index is 623. The second-order valence-corrected chi connectivity index (χ2v) is 4.21. The van der Waals surface area contributed by atoms with Crippen LogP contribution in [0.2, 0.25) is 5.02 Å². The van der Waals surface area contributed by atoms with Crippen LogP contribution in [0.1, 0.15) is 5.69 Å². The maximum atomic E-state index is 10.8. The Labute approximate surface area is 101 Å². The van der Waals surface area contributed by atoms with Crippen LogP contribution in [0, 0.1) is 10.1 Å². The minimum absolute atomic E-state index is 0.0967. The molecule has 2 heterocycles. The minimum atomic E-state index is -0.491. The van der Waals surface area contributed by atoms with Crippen molar-refractivity contribution in [1.82, 2.24) is 9.78 Å².